The van der Waals surface area contributed by atoms with E-state index in [0.29, 0.717) is 62.5 Å². The van der Waals surface area contributed by atoms with Crippen molar-refractivity contribution in [3.8, 4) is 6.07 Å². The smallest absolute Gasteiger partial charge is 0.378 e. The molecule has 8 amide bonds. The molecule has 4 aromatic heterocycles. The van der Waals surface area contributed by atoms with Gasteiger partial charge in [0.1, 0.15) is 23.3 Å². The quantitative estimate of drug-likeness (QED) is 0.0837. The maximum atomic E-state index is 12.9. The topological polar surface area (TPSA) is 256 Å². The number of nitriles is 1. The van der Waals surface area contributed by atoms with E-state index in [1.54, 1.807) is 57.8 Å². The number of alkyl halides is 3. The number of carbonyl (C=O) groups is 4. The van der Waals surface area contributed by atoms with E-state index in [1.165, 1.54) is 33.2 Å². The number of pyridine rings is 2. The first-order valence-corrected chi connectivity index (χ1v) is 40.7. The van der Waals surface area contributed by atoms with Gasteiger partial charge in [-0.1, -0.05) is 121 Å². The van der Waals surface area contributed by atoms with E-state index < -0.39 is 11.9 Å². The Kier molecular flexibility index (Phi) is 23.9. The summed E-state index contributed by atoms with van der Waals surface area (Å²) in [5.41, 5.74) is 6.32. The molecule has 4 spiro atoms. The SMILES string of the molecule is CN(C)C1(c2ccccc2)CCC2(CC1)CN(c1ccc(C#N)nc1)C(=O)N2.CN(C)C1(c2ccccc2)CCC2(CC1)CN(c1ccc(C(F)(F)F)nc1)C(=O)N2.CN(C)C1(c2ccccc2)CCC2(CC1)CN(c1cnc(N3CCOCC3)nc1)C(=O)N2.Cc1ncc(N2CC3(CCC(c4ccccc4)(N(C)C)CC3)NC2=O)cn1. The molecule has 28 heteroatoms. The van der Waals surface area contributed by atoms with Crippen LogP contribution in [0, 0.1) is 18.3 Å². The molecule has 8 aromatic rings. The minimum absolute atomic E-state index is 0.000652. The van der Waals surface area contributed by atoms with Crippen LogP contribution in [0.2, 0.25) is 0 Å². The zero-order valence-electron chi connectivity index (χ0n) is 68.6. The third-order valence-corrected chi connectivity index (χ3v) is 27.0. The van der Waals surface area contributed by atoms with Gasteiger partial charge >= 0.3 is 30.3 Å². The Labute approximate surface area is 684 Å². The number of benzene rings is 4. The lowest BCUT2D eigenvalue weighted by Crippen LogP contribution is -2.54. The highest BCUT2D eigenvalue weighted by Gasteiger charge is 2.55. The molecule has 0 unspecified atom stereocenters. The van der Waals surface area contributed by atoms with Gasteiger partial charge in [-0.3, -0.25) is 39.2 Å². The van der Waals surface area contributed by atoms with Crippen molar-refractivity contribution < 1.29 is 37.1 Å². The van der Waals surface area contributed by atoms with Crippen LogP contribution in [-0.4, -0.2) is 205 Å². The average Bonchev–Trinajstić information content (AvgIpc) is 1.75. The van der Waals surface area contributed by atoms with Gasteiger partial charge in [-0.2, -0.15) is 18.4 Å². The number of urea groups is 4. The van der Waals surface area contributed by atoms with E-state index in [4.69, 9.17) is 10.00 Å². The number of nitrogens with one attached hydrogen (secondary N) is 4. The van der Waals surface area contributed by atoms with Gasteiger partial charge in [-0.25, -0.2) is 49.1 Å². The molecule has 25 nitrogen and oxygen atoms in total. The Bertz CT molecular complexity index is 4760. The van der Waals surface area contributed by atoms with Crippen LogP contribution < -0.4 is 45.8 Å². The van der Waals surface area contributed by atoms with Crippen LogP contribution in [0.1, 0.15) is 142 Å². The number of rotatable bonds is 13. The normalized spacial score (nSPS) is 27.6. The molecule has 4 saturated carbocycles. The highest BCUT2D eigenvalue weighted by molar-refractivity contribution is 5.97. The first-order valence-electron chi connectivity index (χ1n) is 40.7. The summed E-state index contributed by atoms with van der Waals surface area (Å²) < 4.78 is 43.7. The highest BCUT2D eigenvalue weighted by atomic mass is 19.4. The number of nitrogens with zero attached hydrogens (tertiary/aromatic N) is 16. The zero-order valence-corrected chi connectivity index (χ0v) is 68.6. The van der Waals surface area contributed by atoms with Crippen LogP contribution in [-0.2, 0) is 33.1 Å². The van der Waals surface area contributed by atoms with Gasteiger partial charge < -0.3 is 30.9 Å². The molecule has 9 fully saturated rings. The lowest BCUT2D eigenvalue weighted by Gasteiger charge is -2.48. The second-order valence-electron chi connectivity index (χ2n) is 34.1. The second kappa shape index (κ2) is 33.7. The number of morpholine rings is 1. The molecule has 0 radical (unpaired) electrons. The van der Waals surface area contributed by atoms with Crippen molar-refractivity contribution in [3.05, 3.63) is 222 Å². The summed E-state index contributed by atoms with van der Waals surface area (Å²) in [4.78, 5) is 94.3. The Balaban J connectivity index is 0.000000129. The third-order valence-electron chi connectivity index (χ3n) is 27.0. The average molecular weight is 1600 g/mol. The third kappa shape index (κ3) is 17.0. The van der Waals surface area contributed by atoms with Crippen LogP contribution in [0.25, 0.3) is 0 Å². The largest absolute Gasteiger partial charge is 0.433 e. The van der Waals surface area contributed by atoms with Gasteiger partial charge in [0.2, 0.25) is 5.95 Å². The molecule has 5 saturated heterocycles. The van der Waals surface area contributed by atoms with E-state index in [-0.39, 0.29) is 68.4 Å². The molecule has 117 heavy (non-hydrogen) atoms. The Hall–Kier alpha value is -10.7. The summed E-state index contributed by atoms with van der Waals surface area (Å²) in [6, 6.07) is 49.8. The van der Waals surface area contributed by atoms with Crippen LogP contribution in [0.15, 0.2) is 183 Å². The molecule has 4 aromatic carbocycles. The molecule has 4 aliphatic carbocycles. The first-order chi connectivity index (χ1) is 56.1. The number of amides is 8. The first kappa shape index (κ1) is 82.8. The van der Waals surface area contributed by atoms with Crippen molar-refractivity contribution in [2.75, 3.05) is 133 Å². The maximum Gasteiger partial charge on any atom is 0.433 e. The maximum absolute atomic E-state index is 12.9. The lowest BCUT2D eigenvalue weighted by atomic mass is 9.69. The number of carbonyl (C=O) groups excluding carboxylic acids is 4. The van der Waals surface area contributed by atoms with Crippen molar-refractivity contribution in [2.24, 2.45) is 0 Å². The summed E-state index contributed by atoms with van der Waals surface area (Å²) in [5.74, 6) is 1.41. The van der Waals surface area contributed by atoms with Crippen molar-refractivity contribution >= 4 is 52.8 Å². The van der Waals surface area contributed by atoms with Gasteiger partial charge in [0.05, 0.1) is 121 Å². The van der Waals surface area contributed by atoms with Gasteiger partial charge in [-0.05, 0) is 213 Å². The fourth-order valence-electron chi connectivity index (χ4n) is 19.6. The van der Waals surface area contributed by atoms with E-state index >= 15 is 0 Å². The van der Waals surface area contributed by atoms with E-state index in [2.05, 4.69) is 235 Å². The van der Waals surface area contributed by atoms with Gasteiger partial charge in [-0.15, -0.1) is 0 Å². The molecule has 9 aliphatic rings. The fraction of sp³-hybridized carbons (Fsp3) is 0.472. The molecular formula is C89H109F3N20O5. The molecule has 4 N–H and O–H groups in total. The molecule has 616 valence electrons. The van der Waals surface area contributed by atoms with Gasteiger partial charge in [0.15, 0.2) is 0 Å². The molecule has 0 bridgehead atoms. The molecular weight excluding hydrogens is 1490 g/mol. The fourth-order valence-corrected chi connectivity index (χ4v) is 19.6. The number of anilines is 5. The van der Waals surface area contributed by atoms with Gasteiger partial charge in [0, 0.05) is 35.2 Å². The summed E-state index contributed by atoms with van der Waals surface area (Å²) in [6.07, 6.45) is 20.2. The molecule has 9 heterocycles. The molecule has 5 aliphatic heterocycles. The van der Waals surface area contributed by atoms with Crippen molar-refractivity contribution in [3.63, 3.8) is 0 Å². The molecule has 17 rings (SSSR count). The minimum atomic E-state index is -4.50. The number of hydrogen-bond acceptors (Lipinski definition) is 17. The summed E-state index contributed by atoms with van der Waals surface area (Å²) in [5, 5.41) is 21.9. The molecule has 0 atom stereocenters. The summed E-state index contributed by atoms with van der Waals surface area (Å²) >= 11 is 0. The minimum Gasteiger partial charge on any atom is -0.378 e. The van der Waals surface area contributed by atoms with Crippen LogP contribution in [0.3, 0.4) is 0 Å². The number of halogens is 3. The second-order valence-corrected chi connectivity index (χ2v) is 34.1. The van der Waals surface area contributed by atoms with Crippen LogP contribution >= 0.6 is 0 Å². The van der Waals surface area contributed by atoms with E-state index in [0.717, 1.165) is 145 Å². The van der Waals surface area contributed by atoms with E-state index in [9.17, 15) is 32.3 Å². The number of hydrogen-bond donors (Lipinski definition) is 4. The lowest BCUT2D eigenvalue weighted by molar-refractivity contribution is -0.141. The Morgan fingerprint density at radius 1 is 0.376 bits per heavy atom. The van der Waals surface area contributed by atoms with Crippen molar-refractivity contribution in [1.82, 2.24) is 70.8 Å². The van der Waals surface area contributed by atoms with Crippen LogP contribution in [0.5, 0.6) is 0 Å². The number of aromatic nitrogens is 6. The summed E-state index contributed by atoms with van der Waals surface area (Å²) in [6.45, 7) is 7.22. The van der Waals surface area contributed by atoms with E-state index in [1.807, 2.05) is 31.2 Å². The highest BCUT2D eigenvalue weighted by Crippen LogP contribution is 2.51. The zero-order chi connectivity index (χ0) is 82.6. The monoisotopic (exact) mass is 1590 g/mol. The van der Waals surface area contributed by atoms with Crippen molar-refractivity contribution in [2.45, 2.75) is 160 Å². The predicted octanol–water partition coefficient (Wildman–Crippen LogP) is 13.3. The Morgan fingerprint density at radius 3 is 0.923 bits per heavy atom. The van der Waals surface area contributed by atoms with Gasteiger partial charge in [0.25, 0.3) is 0 Å². The predicted molar refractivity (Wildman–Crippen MR) is 446 cm³/mol. The summed E-state index contributed by atoms with van der Waals surface area (Å²) in [7, 11) is 17.1. The number of aryl methyl sites for hydroxylation is 1. The standard InChI is InChI=1S/C24H32N6O2.C22H25F3N4O.C22H25N5O.C21H27N5O/c1-28(2)24(19-6-4-3-5-7-19)10-8-23(9-11-24)18-30(22(31)27-23)20-16-25-21(26-17-20)29-12-14-32-15-13-29;1-28(2)21(16-6-4-3-5-7-16)12-10-20(11-13-21)15-29(19(30)27-20)17-8-9-18(26-14-17)22(23,24)25;1-26(2)22(17-6-4-3-5-7-17)12-10-21(11-13-22)16-27(20(28)25-21)19-9-8-18(14-23)24-15-19;1-16-22-13-18(14-23-16)26-15-20(24-19(26)27)9-11-21(12-10-20,25(2)3)17-7-5-4-6-8-17/h3-7,16-17H,8-15,18H2,1-2H3,(H,27,31);3-9,14H,10-13,15H2,1-2H3,(H,27,30);3-9,15H,10-13,16H2,1-2H3,(H,25,28);4-8,13-14H,9-12,15H2,1-3H3,(H,24,27). The van der Waals surface area contributed by atoms with Crippen LogP contribution in [0.4, 0.5) is 61.0 Å². The van der Waals surface area contributed by atoms with Crippen molar-refractivity contribution in [1.29, 1.82) is 5.26 Å². The Morgan fingerprint density at radius 2 is 0.658 bits per heavy atom. The number of ether oxygens (including phenoxy) is 1.